The molecule has 166 valence electrons. The Morgan fingerprint density at radius 1 is 0.724 bits per heavy atom. The van der Waals surface area contributed by atoms with Gasteiger partial charge in [-0.15, -0.1) is 0 Å². The summed E-state index contributed by atoms with van der Waals surface area (Å²) in [6.07, 6.45) is 19.2. The van der Waals surface area contributed by atoms with Crippen molar-refractivity contribution in [2.45, 2.75) is 134 Å². The van der Waals surface area contributed by atoms with Crippen LogP contribution in [0.1, 0.15) is 125 Å². The molecule has 1 unspecified atom stereocenters. The Balaban J connectivity index is 2.79. The van der Waals surface area contributed by atoms with Gasteiger partial charge in [0.2, 0.25) is 0 Å². The van der Waals surface area contributed by atoms with Gasteiger partial charge >= 0.3 is 194 Å². The summed E-state index contributed by atoms with van der Waals surface area (Å²) in [5, 5.41) is 0. The predicted molar refractivity (Wildman–Crippen MR) is 132 cm³/mol. The van der Waals surface area contributed by atoms with Crippen LogP contribution in [-0.2, 0) is 0 Å². The Bertz CT molecular complexity index is 474. The summed E-state index contributed by atoms with van der Waals surface area (Å²) in [5.41, 5.74) is 0. The second-order valence-electron chi connectivity index (χ2n) is 8.88. The van der Waals surface area contributed by atoms with Gasteiger partial charge in [-0.1, -0.05) is 0 Å². The fraction of sp³-hybridized carbons (Fsp3) is 0.778. The second-order valence-corrected chi connectivity index (χ2v) is 14.3. The topological polar surface area (TPSA) is 9.23 Å². The Morgan fingerprint density at radius 2 is 1.24 bits per heavy atom. The van der Waals surface area contributed by atoms with Crippen molar-refractivity contribution in [2.24, 2.45) is 0 Å². The molecule has 1 aromatic carbocycles. The fourth-order valence-electron chi connectivity index (χ4n) is 4.19. The van der Waals surface area contributed by atoms with E-state index in [9.17, 15) is 0 Å². The molecular weight excluding hydrogens is 459 g/mol. The number of hydrogen-bond acceptors (Lipinski definition) is 1. The van der Waals surface area contributed by atoms with E-state index < -0.39 is 21.1 Å². The van der Waals surface area contributed by atoms with Crippen LogP contribution in [-0.4, -0.2) is 27.2 Å². The van der Waals surface area contributed by atoms with Gasteiger partial charge in [0.05, 0.1) is 0 Å². The Kier molecular flexibility index (Phi) is 15.3. The van der Waals surface area contributed by atoms with Crippen LogP contribution in [0.4, 0.5) is 0 Å². The third-order valence-electron chi connectivity index (χ3n) is 6.18. The molecule has 0 aliphatic heterocycles. The van der Waals surface area contributed by atoms with Gasteiger partial charge in [0.25, 0.3) is 0 Å². The van der Waals surface area contributed by atoms with E-state index >= 15 is 0 Å². The molecule has 0 saturated carbocycles. The van der Waals surface area contributed by atoms with Crippen LogP contribution < -0.4 is 8.32 Å². The Morgan fingerprint density at radius 3 is 1.69 bits per heavy atom. The first-order valence-electron chi connectivity index (χ1n) is 12.7. The van der Waals surface area contributed by atoms with Gasteiger partial charge in [0.1, 0.15) is 0 Å². The van der Waals surface area contributed by atoms with Gasteiger partial charge in [-0.2, -0.15) is 0 Å². The molecule has 0 amide bonds. The molecular formula is C27H48OSn. The fourth-order valence-corrected chi connectivity index (χ4v) is 9.47. The average molecular weight is 507 g/mol. The van der Waals surface area contributed by atoms with Crippen molar-refractivity contribution in [1.29, 1.82) is 0 Å². The average Bonchev–Trinajstić information content (AvgIpc) is 2.75. The van der Waals surface area contributed by atoms with Crippen molar-refractivity contribution >= 4 is 24.7 Å². The van der Waals surface area contributed by atoms with Crippen LogP contribution in [0.2, 0.25) is 3.43 Å². The quantitative estimate of drug-likeness (QED) is 0.143. The molecule has 0 bridgehead atoms. The minimum absolute atomic E-state index is 0.380. The van der Waals surface area contributed by atoms with Crippen molar-refractivity contribution in [1.82, 2.24) is 0 Å². The maximum atomic E-state index is 6.31. The van der Waals surface area contributed by atoms with E-state index in [2.05, 4.69) is 58.9 Å². The van der Waals surface area contributed by atoms with E-state index in [1.54, 1.807) is 3.58 Å². The summed E-state index contributed by atoms with van der Waals surface area (Å²) < 4.78 is 8.65. The van der Waals surface area contributed by atoms with E-state index in [1.807, 2.05) is 0 Å². The third-order valence-corrected chi connectivity index (χ3v) is 11.6. The zero-order chi connectivity index (χ0) is 21.4. The Labute approximate surface area is 193 Å². The molecule has 0 fully saturated rings. The van der Waals surface area contributed by atoms with Crippen LogP contribution in [0, 0.1) is 0 Å². The zero-order valence-corrected chi connectivity index (χ0v) is 23.0. The molecule has 0 aliphatic carbocycles. The summed E-state index contributed by atoms with van der Waals surface area (Å²) >= 11 is -0.627. The van der Waals surface area contributed by atoms with Crippen LogP contribution in [0.25, 0.3) is 0 Å². The van der Waals surface area contributed by atoms with Gasteiger partial charge < -0.3 is 0 Å². The molecule has 0 aliphatic rings. The SMILES string of the molecule is CCCCCC(CC)Oc1cc[c]([Sn][C](CCCC)(CCCC)CCCC)cc1. The first kappa shape index (κ1) is 26.9. The molecule has 0 saturated heterocycles. The van der Waals surface area contributed by atoms with Crippen LogP contribution in [0.5, 0.6) is 5.75 Å². The number of unbranched alkanes of at least 4 members (excludes halogenated alkanes) is 5. The molecule has 29 heavy (non-hydrogen) atoms. The van der Waals surface area contributed by atoms with Crippen LogP contribution in [0.3, 0.4) is 0 Å². The predicted octanol–water partition coefficient (Wildman–Crippen LogP) is 8.48. The molecule has 2 heteroatoms. The molecule has 1 rings (SSSR count). The number of rotatable bonds is 18. The van der Waals surface area contributed by atoms with Gasteiger partial charge in [0.15, 0.2) is 0 Å². The molecule has 2 radical (unpaired) electrons. The van der Waals surface area contributed by atoms with Crippen molar-refractivity contribution in [3.63, 3.8) is 0 Å². The molecule has 1 atom stereocenters. The zero-order valence-electron chi connectivity index (χ0n) is 20.2. The molecule has 0 spiro atoms. The monoisotopic (exact) mass is 508 g/mol. The summed E-state index contributed by atoms with van der Waals surface area (Å²) in [6, 6.07) is 9.36. The third kappa shape index (κ3) is 11.1. The molecule has 0 heterocycles. The van der Waals surface area contributed by atoms with Crippen molar-refractivity contribution < 1.29 is 4.74 Å². The summed E-state index contributed by atoms with van der Waals surface area (Å²) in [6.45, 7) is 11.6. The van der Waals surface area contributed by atoms with Crippen molar-refractivity contribution in [3.05, 3.63) is 24.3 Å². The summed E-state index contributed by atoms with van der Waals surface area (Å²) in [7, 11) is 0. The molecule has 0 aromatic heterocycles. The number of benzene rings is 1. The molecule has 1 aromatic rings. The van der Waals surface area contributed by atoms with E-state index in [-0.39, 0.29) is 0 Å². The van der Waals surface area contributed by atoms with Gasteiger partial charge in [0, 0.05) is 0 Å². The molecule has 0 N–H and O–H groups in total. The first-order valence-corrected chi connectivity index (χ1v) is 15.5. The van der Waals surface area contributed by atoms with Crippen molar-refractivity contribution in [2.75, 3.05) is 0 Å². The van der Waals surface area contributed by atoms with E-state index in [1.165, 1.54) is 83.5 Å². The number of ether oxygens (including phenoxy) is 1. The van der Waals surface area contributed by atoms with Gasteiger partial charge in [-0.05, 0) is 0 Å². The number of hydrogen-bond donors (Lipinski definition) is 0. The van der Waals surface area contributed by atoms with Crippen LogP contribution >= 0.6 is 0 Å². The van der Waals surface area contributed by atoms with Crippen molar-refractivity contribution in [3.8, 4) is 5.75 Å². The van der Waals surface area contributed by atoms with E-state index in [0.29, 0.717) is 9.53 Å². The molecule has 1 nitrogen and oxygen atoms in total. The maximum absolute atomic E-state index is 6.31. The minimum atomic E-state index is -0.627. The van der Waals surface area contributed by atoms with Crippen LogP contribution in [0.15, 0.2) is 24.3 Å². The van der Waals surface area contributed by atoms with E-state index in [0.717, 1.165) is 12.2 Å². The Hall–Kier alpha value is -0.181. The van der Waals surface area contributed by atoms with Gasteiger partial charge in [-0.25, -0.2) is 0 Å². The first-order chi connectivity index (χ1) is 14.1. The van der Waals surface area contributed by atoms with Gasteiger partial charge in [-0.3, -0.25) is 0 Å². The second kappa shape index (κ2) is 16.5. The standard InChI is InChI=1S/C14H21O.C13H27.Sn/c1-3-5-7-10-13(4-2)15-14-11-8-6-9-12-14;1-4-7-10-13(11-8-5-2)12-9-6-3;/h8-9,11-13H,3-5,7,10H2,1-2H3;4-12H2,1-3H3;. The summed E-state index contributed by atoms with van der Waals surface area (Å²) in [5.74, 6) is 1.08. The summed E-state index contributed by atoms with van der Waals surface area (Å²) in [4.78, 5) is 0. The van der Waals surface area contributed by atoms with E-state index in [4.69, 9.17) is 4.74 Å². The normalized spacial score (nSPS) is 12.9.